The van der Waals surface area contributed by atoms with Crippen molar-refractivity contribution in [3.63, 3.8) is 0 Å². The zero-order valence-electron chi connectivity index (χ0n) is 15.5. The minimum absolute atomic E-state index is 0.0412. The van der Waals surface area contributed by atoms with Crippen LogP contribution in [0.2, 0.25) is 0 Å². The summed E-state index contributed by atoms with van der Waals surface area (Å²) >= 11 is 0. The normalized spacial score (nSPS) is 20.3. The molecule has 2 aliphatic rings. The number of fused-ring (bicyclic) bond motifs is 1. The molecular formula is C22H28N2O2. The molecule has 3 rings (SSSR count). The van der Waals surface area contributed by atoms with Gasteiger partial charge in [-0.25, -0.2) is 4.79 Å². The second-order valence-corrected chi connectivity index (χ2v) is 6.89. The molecule has 2 N–H and O–H groups in total. The third kappa shape index (κ3) is 4.07. The van der Waals surface area contributed by atoms with Gasteiger partial charge in [-0.3, -0.25) is 0 Å². The summed E-state index contributed by atoms with van der Waals surface area (Å²) in [7, 11) is 0. The lowest BCUT2D eigenvalue weighted by Gasteiger charge is -2.23. The Hall–Kier alpha value is -2.33. The quantitative estimate of drug-likeness (QED) is 0.813. The second kappa shape index (κ2) is 8.86. The molecule has 26 heavy (non-hydrogen) atoms. The largest absolute Gasteiger partial charge is 0.449 e. The molecule has 0 aromatic heterocycles. The molecule has 0 saturated carbocycles. The summed E-state index contributed by atoms with van der Waals surface area (Å²) in [6.45, 7) is 9.07. The van der Waals surface area contributed by atoms with E-state index in [2.05, 4.69) is 35.4 Å². The molecule has 0 spiro atoms. The van der Waals surface area contributed by atoms with Crippen LogP contribution < -0.4 is 10.6 Å². The smallest absolute Gasteiger partial charge is 0.407 e. The van der Waals surface area contributed by atoms with Crippen LogP contribution in [0.4, 0.5) is 4.79 Å². The first kappa shape index (κ1) is 18.5. The van der Waals surface area contributed by atoms with E-state index in [4.69, 9.17) is 4.74 Å². The Morgan fingerprint density at radius 3 is 2.85 bits per heavy atom. The topological polar surface area (TPSA) is 50.4 Å². The zero-order chi connectivity index (χ0) is 18.4. The SMILES string of the molecule is C=CC1=C(/C=C\C)c2ccccc2C1COC(=O)NCC1CCNCC1. The third-order valence-corrected chi connectivity index (χ3v) is 5.24. The summed E-state index contributed by atoms with van der Waals surface area (Å²) in [5.74, 6) is 0.584. The average molecular weight is 352 g/mol. The van der Waals surface area contributed by atoms with Crippen molar-refractivity contribution >= 4 is 11.7 Å². The number of alkyl carbamates (subject to hydrolysis) is 1. The van der Waals surface area contributed by atoms with Crippen LogP contribution in [0.1, 0.15) is 36.8 Å². The van der Waals surface area contributed by atoms with Gasteiger partial charge in [0.05, 0.1) is 0 Å². The Kier molecular flexibility index (Phi) is 6.29. The number of carbonyl (C=O) groups is 1. The van der Waals surface area contributed by atoms with Crippen LogP contribution in [0.3, 0.4) is 0 Å². The number of nitrogens with one attached hydrogen (secondary N) is 2. The van der Waals surface area contributed by atoms with Crippen molar-refractivity contribution in [3.8, 4) is 0 Å². The molecule has 4 nitrogen and oxygen atoms in total. The number of rotatable bonds is 6. The van der Waals surface area contributed by atoms with Crippen molar-refractivity contribution < 1.29 is 9.53 Å². The first-order valence-corrected chi connectivity index (χ1v) is 9.44. The van der Waals surface area contributed by atoms with Crippen molar-refractivity contribution in [2.45, 2.75) is 25.7 Å². The van der Waals surface area contributed by atoms with Gasteiger partial charge in [0.15, 0.2) is 0 Å². The number of ether oxygens (including phenoxy) is 1. The van der Waals surface area contributed by atoms with E-state index in [0.717, 1.165) is 31.5 Å². The van der Waals surface area contributed by atoms with Crippen LogP contribution in [0.25, 0.3) is 5.57 Å². The van der Waals surface area contributed by atoms with Gasteiger partial charge >= 0.3 is 6.09 Å². The monoisotopic (exact) mass is 352 g/mol. The number of allylic oxidation sites excluding steroid dienone is 4. The van der Waals surface area contributed by atoms with Gasteiger partial charge in [-0.2, -0.15) is 0 Å². The Labute approximate surface area is 156 Å². The zero-order valence-corrected chi connectivity index (χ0v) is 15.5. The molecule has 0 bridgehead atoms. The first-order chi connectivity index (χ1) is 12.7. The number of benzene rings is 1. The summed E-state index contributed by atoms with van der Waals surface area (Å²) < 4.78 is 5.56. The van der Waals surface area contributed by atoms with E-state index < -0.39 is 0 Å². The molecule has 1 heterocycles. The second-order valence-electron chi connectivity index (χ2n) is 6.89. The molecule has 1 saturated heterocycles. The minimum atomic E-state index is -0.330. The van der Waals surface area contributed by atoms with Gasteiger partial charge in [0.1, 0.15) is 6.61 Å². The van der Waals surface area contributed by atoms with Gasteiger partial charge < -0.3 is 15.4 Å². The van der Waals surface area contributed by atoms with E-state index in [0.29, 0.717) is 19.1 Å². The van der Waals surface area contributed by atoms with E-state index in [1.165, 1.54) is 16.7 Å². The fourth-order valence-corrected chi connectivity index (χ4v) is 3.86. The average Bonchev–Trinajstić information content (AvgIpc) is 2.99. The highest BCUT2D eigenvalue weighted by Gasteiger charge is 2.29. The highest BCUT2D eigenvalue weighted by atomic mass is 16.5. The van der Waals surface area contributed by atoms with E-state index in [9.17, 15) is 4.79 Å². The van der Waals surface area contributed by atoms with Crippen LogP contribution in [-0.4, -0.2) is 32.3 Å². The Morgan fingerprint density at radius 1 is 1.35 bits per heavy atom. The number of hydrogen-bond donors (Lipinski definition) is 2. The lowest BCUT2D eigenvalue weighted by molar-refractivity contribution is 0.140. The Bertz CT molecular complexity index is 715. The Balaban J connectivity index is 1.63. The number of amides is 1. The van der Waals surface area contributed by atoms with Crippen LogP contribution in [0.5, 0.6) is 0 Å². The molecule has 1 aromatic carbocycles. The molecular weight excluding hydrogens is 324 g/mol. The molecule has 1 aromatic rings. The molecule has 1 atom stereocenters. The maximum Gasteiger partial charge on any atom is 0.407 e. The van der Waals surface area contributed by atoms with Gasteiger partial charge in [-0.15, -0.1) is 0 Å². The van der Waals surface area contributed by atoms with Crippen LogP contribution >= 0.6 is 0 Å². The first-order valence-electron chi connectivity index (χ1n) is 9.44. The highest BCUT2D eigenvalue weighted by molar-refractivity contribution is 5.86. The lowest BCUT2D eigenvalue weighted by Crippen LogP contribution is -2.36. The van der Waals surface area contributed by atoms with Gasteiger partial charge in [0.2, 0.25) is 0 Å². The summed E-state index contributed by atoms with van der Waals surface area (Å²) in [6.07, 6.45) is 7.90. The van der Waals surface area contributed by atoms with Crippen molar-refractivity contribution in [1.82, 2.24) is 10.6 Å². The summed E-state index contributed by atoms with van der Waals surface area (Å²) in [5, 5.41) is 6.26. The van der Waals surface area contributed by atoms with Crippen molar-refractivity contribution in [3.05, 3.63) is 65.8 Å². The number of hydrogen-bond acceptors (Lipinski definition) is 3. The summed E-state index contributed by atoms with van der Waals surface area (Å²) in [5.41, 5.74) is 4.68. The van der Waals surface area contributed by atoms with Crippen LogP contribution in [0.15, 0.2) is 54.6 Å². The molecule has 138 valence electrons. The fraction of sp³-hybridized carbons (Fsp3) is 0.409. The predicted molar refractivity (Wildman–Crippen MR) is 106 cm³/mol. The highest BCUT2D eigenvalue weighted by Crippen LogP contribution is 2.43. The van der Waals surface area contributed by atoms with Crippen molar-refractivity contribution in [1.29, 1.82) is 0 Å². The molecule has 1 amide bonds. The van der Waals surface area contributed by atoms with Gasteiger partial charge in [0, 0.05) is 12.5 Å². The molecule has 4 heteroatoms. The summed E-state index contributed by atoms with van der Waals surface area (Å²) in [6, 6.07) is 8.29. The molecule has 1 aliphatic carbocycles. The van der Waals surface area contributed by atoms with E-state index in [1.807, 2.05) is 31.2 Å². The van der Waals surface area contributed by atoms with Crippen LogP contribution in [0, 0.1) is 5.92 Å². The van der Waals surface area contributed by atoms with Gasteiger partial charge in [0.25, 0.3) is 0 Å². The van der Waals surface area contributed by atoms with Gasteiger partial charge in [-0.1, -0.05) is 49.1 Å². The van der Waals surface area contributed by atoms with Crippen LogP contribution in [-0.2, 0) is 4.74 Å². The standard InChI is InChI=1S/C22H28N2O2/c1-3-7-18-17(4-2)21(20-9-6-5-8-19(18)20)15-26-22(25)24-14-16-10-12-23-13-11-16/h3-9,16,21,23H,2,10-15H2,1H3,(H,24,25)/b7-3-. The van der Waals surface area contributed by atoms with Crippen molar-refractivity contribution in [2.75, 3.05) is 26.2 Å². The third-order valence-electron chi connectivity index (χ3n) is 5.24. The van der Waals surface area contributed by atoms with E-state index in [-0.39, 0.29) is 12.0 Å². The van der Waals surface area contributed by atoms with E-state index >= 15 is 0 Å². The maximum atomic E-state index is 12.2. The molecule has 1 unspecified atom stereocenters. The van der Waals surface area contributed by atoms with E-state index in [1.54, 1.807) is 0 Å². The Morgan fingerprint density at radius 2 is 2.12 bits per heavy atom. The molecule has 1 aliphatic heterocycles. The molecule has 1 fully saturated rings. The predicted octanol–water partition coefficient (Wildman–Crippen LogP) is 4.03. The maximum absolute atomic E-state index is 12.2. The number of piperidine rings is 1. The molecule has 0 radical (unpaired) electrons. The lowest BCUT2D eigenvalue weighted by atomic mass is 9.96. The number of carbonyl (C=O) groups excluding carboxylic acids is 1. The van der Waals surface area contributed by atoms with Gasteiger partial charge in [-0.05, 0) is 61.0 Å². The fourth-order valence-electron chi connectivity index (χ4n) is 3.86. The summed E-state index contributed by atoms with van der Waals surface area (Å²) in [4.78, 5) is 12.2. The van der Waals surface area contributed by atoms with Crippen molar-refractivity contribution in [2.24, 2.45) is 5.92 Å². The minimum Gasteiger partial charge on any atom is -0.449 e.